The molecular formula is C15H24ClF2N3O4S. The number of benzene rings is 1. The Labute approximate surface area is 158 Å². The van der Waals surface area contributed by atoms with Gasteiger partial charge in [0.2, 0.25) is 15.9 Å². The van der Waals surface area contributed by atoms with Gasteiger partial charge in [0.15, 0.2) is 0 Å². The summed E-state index contributed by atoms with van der Waals surface area (Å²) in [6.45, 7) is 1.32. The Morgan fingerprint density at radius 3 is 2.23 bits per heavy atom. The van der Waals surface area contributed by atoms with Gasteiger partial charge in [0.1, 0.15) is 11.8 Å². The van der Waals surface area contributed by atoms with E-state index < -0.39 is 46.9 Å². The molecule has 0 spiro atoms. The van der Waals surface area contributed by atoms with Crippen LogP contribution >= 0.6 is 12.4 Å². The van der Waals surface area contributed by atoms with E-state index >= 15 is 0 Å². The second-order valence-electron chi connectivity index (χ2n) is 5.80. The molecule has 1 unspecified atom stereocenters. The number of amides is 1. The van der Waals surface area contributed by atoms with E-state index in [2.05, 4.69) is 4.72 Å². The number of carbonyl (C=O) groups is 1. The molecule has 0 saturated heterocycles. The predicted molar refractivity (Wildman–Crippen MR) is 96.2 cm³/mol. The minimum Gasteiger partial charge on any atom is -0.497 e. The van der Waals surface area contributed by atoms with Crippen molar-refractivity contribution in [2.45, 2.75) is 30.7 Å². The molecule has 1 amide bonds. The Bertz CT molecular complexity index is 685. The molecule has 0 aliphatic heterocycles. The van der Waals surface area contributed by atoms with Crippen LogP contribution in [0.2, 0.25) is 0 Å². The third-order valence-corrected chi connectivity index (χ3v) is 4.88. The molecule has 0 heterocycles. The lowest BCUT2D eigenvalue weighted by Crippen LogP contribution is -2.52. The van der Waals surface area contributed by atoms with Gasteiger partial charge in [-0.1, -0.05) is 13.8 Å². The Balaban J connectivity index is 0.00000625. The Kier molecular flexibility index (Phi) is 9.43. The molecule has 11 heteroatoms. The van der Waals surface area contributed by atoms with Gasteiger partial charge in [-0.2, -0.15) is 4.72 Å². The van der Waals surface area contributed by atoms with E-state index in [0.29, 0.717) is 5.75 Å². The number of carbonyl (C=O) groups excluding carboxylic acids is 1. The lowest BCUT2D eigenvalue weighted by atomic mass is 10.1. The monoisotopic (exact) mass is 415 g/mol. The summed E-state index contributed by atoms with van der Waals surface area (Å²) in [6.07, 6.45) is 0. The fraction of sp³-hybridized carbons (Fsp3) is 0.533. The molecule has 0 fully saturated rings. The number of alkyl halides is 2. The first-order valence-corrected chi connectivity index (χ1v) is 9.02. The first-order chi connectivity index (χ1) is 11.5. The summed E-state index contributed by atoms with van der Waals surface area (Å²) in [5.41, 5.74) is 4.91. The molecule has 7 nitrogen and oxygen atoms in total. The molecule has 150 valence electrons. The number of sulfonamides is 1. The number of halogens is 3. The zero-order chi connectivity index (χ0) is 19.3. The highest BCUT2D eigenvalue weighted by Crippen LogP contribution is 2.17. The number of nitrogens with one attached hydrogen (secondary N) is 2. The highest BCUT2D eigenvalue weighted by Gasteiger charge is 2.32. The Morgan fingerprint density at radius 2 is 1.81 bits per heavy atom. The normalized spacial score (nSPS) is 13.0. The molecule has 1 atom stereocenters. The Morgan fingerprint density at radius 1 is 1.27 bits per heavy atom. The van der Waals surface area contributed by atoms with Crippen LogP contribution in [0.3, 0.4) is 0 Å². The standard InChI is InChI=1S/C15H23F2N3O4S.ClH/c1-10(2)13(14(21)19-9-15(16,17)8-18)20-25(22,23)12-6-4-11(24-3)5-7-12;/h4-7,10,13,20H,8-9,18H2,1-3H3,(H,19,21);1H. The van der Waals surface area contributed by atoms with Crippen molar-refractivity contribution >= 4 is 28.3 Å². The van der Waals surface area contributed by atoms with Gasteiger partial charge in [-0.05, 0) is 30.2 Å². The van der Waals surface area contributed by atoms with Crippen LogP contribution in [0.5, 0.6) is 5.75 Å². The third kappa shape index (κ3) is 7.02. The molecule has 4 N–H and O–H groups in total. The van der Waals surface area contributed by atoms with Crippen LogP contribution in [0.25, 0.3) is 0 Å². The maximum Gasteiger partial charge on any atom is 0.277 e. The fourth-order valence-corrected chi connectivity index (χ4v) is 3.22. The van der Waals surface area contributed by atoms with Crippen molar-refractivity contribution in [2.24, 2.45) is 11.7 Å². The van der Waals surface area contributed by atoms with Gasteiger partial charge < -0.3 is 15.8 Å². The minimum atomic E-state index is -4.01. The number of rotatable bonds is 9. The summed E-state index contributed by atoms with van der Waals surface area (Å²) in [5.74, 6) is -4.09. The van der Waals surface area contributed by atoms with Crippen molar-refractivity contribution in [2.75, 3.05) is 20.2 Å². The first-order valence-electron chi connectivity index (χ1n) is 7.54. The van der Waals surface area contributed by atoms with E-state index in [1.165, 1.54) is 31.4 Å². The number of ether oxygens (including phenoxy) is 1. The second-order valence-corrected chi connectivity index (χ2v) is 7.51. The van der Waals surface area contributed by atoms with Crippen LogP contribution in [-0.4, -0.2) is 46.5 Å². The van der Waals surface area contributed by atoms with Crippen LogP contribution in [0.15, 0.2) is 29.2 Å². The first kappa shape index (κ1) is 24.5. The van der Waals surface area contributed by atoms with Crippen LogP contribution < -0.4 is 20.5 Å². The van der Waals surface area contributed by atoms with E-state index in [0.717, 1.165) is 0 Å². The van der Waals surface area contributed by atoms with Crippen LogP contribution in [0.1, 0.15) is 13.8 Å². The molecule has 26 heavy (non-hydrogen) atoms. The molecule has 0 aliphatic rings. The molecule has 0 saturated carbocycles. The van der Waals surface area contributed by atoms with Gasteiger partial charge in [-0.25, -0.2) is 17.2 Å². The molecule has 1 rings (SSSR count). The lowest BCUT2D eigenvalue weighted by molar-refractivity contribution is -0.125. The topological polar surface area (TPSA) is 111 Å². The van der Waals surface area contributed by atoms with E-state index in [1.807, 2.05) is 5.32 Å². The van der Waals surface area contributed by atoms with Crippen LogP contribution in [-0.2, 0) is 14.8 Å². The number of hydrogen-bond acceptors (Lipinski definition) is 5. The van der Waals surface area contributed by atoms with Gasteiger partial charge in [0, 0.05) is 0 Å². The van der Waals surface area contributed by atoms with Gasteiger partial charge >= 0.3 is 0 Å². The van der Waals surface area contributed by atoms with Crippen LogP contribution in [0.4, 0.5) is 8.78 Å². The molecule has 0 aromatic heterocycles. The van der Waals surface area contributed by atoms with E-state index in [4.69, 9.17) is 10.5 Å². The van der Waals surface area contributed by atoms with Crippen molar-refractivity contribution in [3.63, 3.8) is 0 Å². The molecule has 1 aromatic rings. The summed E-state index contributed by atoms with van der Waals surface area (Å²) < 4.78 is 58.3. The lowest BCUT2D eigenvalue weighted by Gasteiger charge is -2.23. The van der Waals surface area contributed by atoms with Crippen molar-refractivity contribution in [3.8, 4) is 5.75 Å². The molecule has 1 aromatic carbocycles. The second kappa shape index (κ2) is 10.0. The van der Waals surface area contributed by atoms with Crippen molar-refractivity contribution < 1.29 is 26.7 Å². The minimum absolute atomic E-state index is 0. The summed E-state index contributed by atoms with van der Waals surface area (Å²) in [6, 6.07) is 4.35. The molecule has 0 radical (unpaired) electrons. The zero-order valence-corrected chi connectivity index (χ0v) is 16.3. The summed E-state index contributed by atoms with van der Waals surface area (Å²) in [4.78, 5) is 12.1. The van der Waals surface area contributed by atoms with E-state index in [9.17, 15) is 22.0 Å². The quantitative estimate of drug-likeness (QED) is 0.560. The molecule has 0 bridgehead atoms. The summed E-state index contributed by atoms with van der Waals surface area (Å²) in [7, 11) is -2.57. The summed E-state index contributed by atoms with van der Waals surface area (Å²) in [5, 5.41) is 2.03. The number of nitrogens with two attached hydrogens (primary N) is 1. The van der Waals surface area contributed by atoms with Crippen molar-refractivity contribution in [1.29, 1.82) is 0 Å². The van der Waals surface area contributed by atoms with Crippen molar-refractivity contribution in [3.05, 3.63) is 24.3 Å². The highest BCUT2D eigenvalue weighted by atomic mass is 35.5. The van der Waals surface area contributed by atoms with E-state index in [1.54, 1.807) is 13.8 Å². The van der Waals surface area contributed by atoms with E-state index in [-0.39, 0.29) is 17.3 Å². The highest BCUT2D eigenvalue weighted by molar-refractivity contribution is 7.89. The average molecular weight is 416 g/mol. The van der Waals surface area contributed by atoms with Gasteiger partial charge in [0.25, 0.3) is 5.92 Å². The molecular weight excluding hydrogens is 392 g/mol. The maximum absolute atomic E-state index is 13.2. The average Bonchev–Trinajstić information content (AvgIpc) is 2.57. The van der Waals surface area contributed by atoms with Gasteiger partial charge in [-0.15, -0.1) is 12.4 Å². The smallest absolute Gasteiger partial charge is 0.277 e. The maximum atomic E-state index is 13.2. The fourth-order valence-electron chi connectivity index (χ4n) is 1.88. The predicted octanol–water partition coefficient (Wildman–Crippen LogP) is 1.13. The van der Waals surface area contributed by atoms with Crippen molar-refractivity contribution in [1.82, 2.24) is 10.0 Å². The summed E-state index contributed by atoms with van der Waals surface area (Å²) >= 11 is 0. The van der Waals surface area contributed by atoms with Gasteiger partial charge in [0.05, 0.1) is 25.1 Å². The molecule has 0 aliphatic carbocycles. The number of methoxy groups -OCH3 is 1. The largest absolute Gasteiger partial charge is 0.497 e. The van der Waals surface area contributed by atoms with Gasteiger partial charge in [-0.3, -0.25) is 4.79 Å². The zero-order valence-electron chi connectivity index (χ0n) is 14.7. The Hall–Kier alpha value is -1.49. The third-order valence-electron chi connectivity index (χ3n) is 3.42. The van der Waals surface area contributed by atoms with Crippen LogP contribution in [0, 0.1) is 5.92 Å². The number of hydrogen-bond donors (Lipinski definition) is 3. The SMILES string of the molecule is COc1ccc(S(=O)(=O)NC(C(=O)NCC(F)(F)CN)C(C)C)cc1.Cl.